The number of urea groups is 1. The van der Waals surface area contributed by atoms with Crippen LogP contribution in [-0.2, 0) is 17.8 Å². The van der Waals surface area contributed by atoms with Gasteiger partial charge in [-0.3, -0.25) is 20.4 Å². The number of ether oxygens (including phenoxy) is 1. The minimum Gasteiger partial charge on any atom is -0.496 e. The number of amides is 4. The Hall–Kier alpha value is -3.80. The highest BCUT2D eigenvalue weighted by Crippen LogP contribution is 2.20. The highest BCUT2D eigenvalue weighted by molar-refractivity contribution is 5.95. The number of nitrogens with one attached hydrogen (secondary N) is 2. The first-order valence-electron chi connectivity index (χ1n) is 11.7. The molecule has 2 N–H and O–H groups in total. The monoisotopic (exact) mass is 521 g/mol. The number of alkyl halides is 2. The van der Waals surface area contributed by atoms with Gasteiger partial charge in [0.05, 0.1) is 13.7 Å². The Bertz CT molecular complexity index is 1110. The van der Waals surface area contributed by atoms with Crippen molar-refractivity contribution in [3.05, 3.63) is 65.0 Å². The van der Waals surface area contributed by atoms with Gasteiger partial charge in [-0.1, -0.05) is 24.3 Å². The summed E-state index contributed by atoms with van der Waals surface area (Å²) < 4.78 is 44.9. The number of benzene rings is 2. The molecule has 0 aromatic heterocycles. The number of hydrazine groups is 1. The summed E-state index contributed by atoms with van der Waals surface area (Å²) in [6.07, 6.45) is -2.82. The van der Waals surface area contributed by atoms with E-state index >= 15 is 0 Å². The largest absolute Gasteiger partial charge is 0.496 e. The maximum atomic E-state index is 15.0. The molecule has 9 nitrogen and oxygen atoms in total. The second-order valence-electron chi connectivity index (χ2n) is 8.61. The molecule has 2 aromatic carbocycles. The number of methoxy groups -OCH3 is 1. The molecule has 1 heterocycles. The lowest BCUT2D eigenvalue weighted by atomic mass is 10.1. The normalized spacial score (nSPS) is 13.8. The van der Waals surface area contributed by atoms with Gasteiger partial charge >= 0.3 is 18.4 Å². The zero-order chi connectivity index (χ0) is 26.9. The van der Waals surface area contributed by atoms with E-state index in [1.54, 1.807) is 22.3 Å². The van der Waals surface area contributed by atoms with Gasteiger partial charge in [-0.25, -0.2) is 9.18 Å². The Morgan fingerprint density at radius 2 is 1.73 bits per heavy atom. The van der Waals surface area contributed by atoms with E-state index in [1.165, 1.54) is 12.1 Å². The Morgan fingerprint density at radius 1 is 1.03 bits per heavy atom. The molecule has 1 fully saturated rings. The van der Waals surface area contributed by atoms with E-state index in [-0.39, 0.29) is 23.7 Å². The standard InChI is InChI=1S/C25H30F3N5O4/c1-31-11-13-32(14-12-31)25(36)33(10-9-17-5-3-4-6-21(17)37-2)16-19-8-7-18(15-20(19)26)23(34)29-30-24(35)22(27)28/h3-8,15,22H,9-14,16H2,1-2H3,(H,29,34)(H,30,35). The number of para-hydroxylation sites is 1. The van der Waals surface area contributed by atoms with Crippen LogP contribution in [-0.4, -0.2) is 85.9 Å². The van der Waals surface area contributed by atoms with Gasteiger partial charge < -0.3 is 19.4 Å². The molecule has 0 radical (unpaired) electrons. The summed E-state index contributed by atoms with van der Waals surface area (Å²) in [6, 6.07) is 10.8. The average molecular weight is 522 g/mol. The topological polar surface area (TPSA) is 94.2 Å². The van der Waals surface area contributed by atoms with Crippen molar-refractivity contribution in [1.29, 1.82) is 0 Å². The number of carbonyl (C=O) groups excluding carboxylic acids is 3. The zero-order valence-corrected chi connectivity index (χ0v) is 20.7. The highest BCUT2D eigenvalue weighted by atomic mass is 19.3. The summed E-state index contributed by atoms with van der Waals surface area (Å²) in [5.74, 6) is -2.70. The molecule has 37 heavy (non-hydrogen) atoms. The van der Waals surface area contributed by atoms with Gasteiger partial charge in [0.25, 0.3) is 5.91 Å². The van der Waals surface area contributed by atoms with E-state index < -0.39 is 24.1 Å². The van der Waals surface area contributed by atoms with Gasteiger partial charge in [0, 0.05) is 43.9 Å². The van der Waals surface area contributed by atoms with Gasteiger partial charge in [0.2, 0.25) is 0 Å². The van der Waals surface area contributed by atoms with Crippen LogP contribution in [0.15, 0.2) is 42.5 Å². The van der Waals surface area contributed by atoms with E-state index in [9.17, 15) is 27.6 Å². The minimum atomic E-state index is -3.31. The lowest BCUT2D eigenvalue weighted by Crippen LogP contribution is -2.52. The maximum Gasteiger partial charge on any atom is 0.320 e. The third-order valence-electron chi connectivity index (χ3n) is 6.06. The Balaban J connectivity index is 1.75. The molecular weight excluding hydrogens is 491 g/mol. The molecule has 1 saturated heterocycles. The number of carbonyl (C=O) groups is 3. The third-order valence-corrected chi connectivity index (χ3v) is 6.06. The average Bonchev–Trinajstić information content (AvgIpc) is 2.90. The van der Waals surface area contributed by atoms with Crippen LogP contribution in [0, 0.1) is 5.82 Å². The summed E-state index contributed by atoms with van der Waals surface area (Å²) in [4.78, 5) is 41.8. The van der Waals surface area contributed by atoms with Crippen LogP contribution in [0.4, 0.5) is 18.0 Å². The maximum absolute atomic E-state index is 15.0. The Kier molecular flexibility index (Phi) is 9.72. The van der Waals surface area contributed by atoms with Crippen LogP contribution in [0.2, 0.25) is 0 Å². The Morgan fingerprint density at radius 3 is 2.38 bits per heavy atom. The third kappa shape index (κ3) is 7.59. The molecule has 1 aliphatic heterocycles. The quantitative estimate of drug-likeness (QED) is 0.520. The summed E-state index contributed by atoms with van der Waals surface area (Å²) >= 11 is 0. The number of rotatable bonds is 8. The lowest BCUT2D eigenvalue weighted by molar-refractivity contribution is -0.132. The summed E-state index contributed by atoms with van der Waals surface area (Å²) in [6.45, 7) is 2.81. The van der Waals surface area contributed by atoms with Crippen molar-refractivity contribution in [3.8, 4) is 5.75 Å². The summed E-state index contributed by atoms with van der Waals surface area (Å²) in [5.41, 5.74) is 4.27. The molecule has 0 spiro atoms. The number of likely N-dealkylation sites (N-methyl/N-ethyl adjacent to an activating group) is 1. The molecule has 0 atom stereocenters. The first-order valence-corrected chi connectivity index (χ1v) is 11.7. The molecule has 0 aliphatic carbocycles. The zero-order valence-electron chi connectivity index (χ0n) is 20.7. The van der Waals surface area contributed by atoms with Crippen molar-refractivity contribution >= 4 is 17.8 Å². The van der Waals surface area contributed by atoms with Crippen LogP contribution in [0.25, 0.3) is 0 Å². The fourth-order valence-corrected chi connectivity index (χ4v) is 3.87. The molecular formula is C25H30F3N5O4. The van der Waals surface area contributed by atoms with Crippen LogP contribution in [0.5, 0.6) is 5.75 Å². The second-order valence-corrected chi connectivity index (χ2v) is 8.61. The number of hydrogen-bond donors (Lipinski definition) is 2. The molecule has 12 heteroatoms. The molecule has 3 rings (SSSR count). The summed E-state index contributed by atoms with van der Waals surface area (Å²) in [7, 11) is 3.55. The van der Waals surface area contributed by atoms with Gasteiger partial charge in [-0.2, -0.15) is 8.78 Å². The fraction of sp³-hybridized carbons (Fsp3) is 0.400. The van der Waals surface area contributed by atoms with Crippen molar-refractivity contribution in [2.24, 2.45) is 0 Å². The summed E-state index contributed by atoms with van der Waals surface area (Å²) in [5, 5.41) is 0. The van der Waals surface area contributed by atoms with Crippen LogP contribution in [0.1, 0.15) is 21.5 Å². The molecule has 0 bridgehead atoms. The molecule has 200 valence electrons. The van der Waals surface area contributed by atoms with E-state index in [0.717, 1.165) is 24.7 Å². The highest BCUT2D eigenvalue weighted by Gasteiger charge is 2.25. The van der Waals surface area contributed by atoms with Crippen molar-refractivity contribution in [3.63, 3.8) is 0 Å². The predicted molar refractivity (Wildman–Crippen MR) is 130 cm³/mol. The SMILES string of the molecule is COc1ccccc1CCN(Cc1ccc(C(=O)NNC(=O)C(F)F)cc1F)C(=O)N1CCN(C)CC1. The molecule has 0 unspecified atom stereocenters. The molecule has 2 aromatic rings. The van der Waals surface area contributed by atoms with Gasteiger partial charge in [0.15, 0.2) is 0 Å². The number of nitrogens with zero attached hydrogens (tertiary/aromatic N) is 3. The van der Waals surface area contributed by atoms with E-state index in [0.29, 0.717) is 31.8 Å². The number of hydrogen-bond acceptors (Lipinski definition) is 5. The van der Waals surface area contributed by atoms with Gasteiger partial charge in [0.1, 0.15) is 11.6 Å². The smallest absolute Gasteiger partial charge is 0.320 e. The van der Waals surface area contributed by atoms with Crippen LogP contribution >= 0.6 is 0 Å². The van der Waals surface area contributed by atoms with E-state index in [4.69, 9.17) is 4.74 Å². The number of halogens is 3. The van der Waals surface area contributed by atoms with Crippen LogP contribution in [0.3, 0.4) is 0 Å². The second kappa shape index (κ2) is 12.9. The van der Waals surface area contributed by atoms with E-state index in [1.807, 2.05) is 36.7 Å². The minimum absolute atomic E-state index is 0.0455. The lowest BCUT2D eigenvalue weighted by Gasteiger charge is -2.36. The van der Waals surface area contributed by atoms with Gasteiger partial charge in [-0.15, -0.1) is 0 Å². The van der Waals surface area contributed by atoms with Crippen molar-refractivity contribution in [2.75, 3.05) is 46.9 Å². The van der Waals surface area contributed by atoms with Crippen molar-refractivity contribution < 1.29 is 32.3 Å². The Labute approximate surface area is 213 Å². The first-order chi connectivity index (χ1) is 17.7. The first kappa shape index (κ1) is 27.8. The molecule has 4 amide bonds. The van der Waals surface area contributed by atoms with Gasteiger partial charge in [-0.05, 0) is 37.2 Å². The van der Waals surface area contributed by atoms with Crippen molar-refractivity contribution in [1.82, 2.24) is 25.6 Å². The number of piperazine rings is 1. The van der Waals surface area contributed by atoms with Crippen LogP contribution < -0.4 is 15.6 Å². The fourth-order valence-electron chi connectivity index (χ4n) is 3.87. The molecule has 1 aliphatic rings. The molecule has 0 saturated carbocycles. The van der Waals surface area contributed by atoms with E-state index in [2.05, 4.69) is 4.90 Å². The predicted octanol–water partition coefficient (Wildman–Crippen LogP) is 2.27. The van der Waals surface area contributed by atoms with Crippen molar-refractivity contribution in [2.45, 2.75) is 19.4 Å².